The molecule has 2 aromatic rings. The fourth-order valence-corrected chi connectivity index (χ4v) is 2.79. The minimum atomic E-state index is 0.164. The largest absolute Gasteiger partial charge is 0.293 e. The van der Waals surface area contributed by atoms with Crippen molar-refractivity contribution >= 4 is 29.1 Å². The van der Waals surface area contributed by atoms with E-state index < -0.39 is 0 Å². The van der Waals surface area contributed by atoms with Crippen LogP contribution in [0.1, 0.15) is 21.5 Å². The average molecular weight is 291 g/mol. The van der Waals surface area contributed by atoms with Gasteiger partial charge >= 0.3 is 0 Å². The van der Waals surface area contributed by atoms with Crippen molar-refractivity contribution in [2.75, 3.05) is 5.75 Å². The maximum atomic E-state index is 12.2. The normalized spacial score (nSPS) is 10.5. The highest BCUT2D eigenvalue weighted by molar-refractivity contribution is 8.00. The van der Waals surface area contributed by atoms with Gasteiger partial charge in [-0.15, -0.1) is 11.8 Å². The number of Topliss-reactive ketones (excluding diaryl/α,β-unsaturated/α-hetero) is 1. The molecule has 0 aliphatic heterocycles. The second-order valence-corrected chi connectivity index (χ2v) is 5.97. The Morgan fingerprint density at radius 2 is 1.79 bits per heavy atom. The third-order valence-corrected chi connectivity index (χ3v) is 4.13. The van der Waals surface area contributed by atoms with Crippen LogP contribution < -0.4 is 0 Å². The van der Waals surface area contributed by atoms with Gasteiger partial charge in [-0.2, -0.15) is 0 Å². The molecule has 98 valence electrons. The van der Waals surface area contributed by atoms with Crippen molar-refractivity contribution in [2.45, 2.75) is 18.7 Å². The van der Waals surface area contributed by atoms with E-state index in [4.69, 9.17) is 11.6 Å². The van der Waals surface area contributed by atoms with Gasteiger partial charge in [0, 0.05) is 15.5 Å². The molecule has 0 atom stereocenters. The van der Waals surface area contributed by atoms with Crippen molar-refractivity contribution in [1.82, 2.24) is 0 Å². The molecule has 19 heavy (non-hydrogen) atoms. The van der Waals surface area contributed by atoms with Crippen molar-refractivity contribution < 1.29 is 4.79 Å². The Labute approximate surface area is 123 Å². The Morgan fingerprint density at radius 1 is 1.11 bits per heavy atom. The topological polar surface area (TPSA) is 17.1 Å². The monoisotopic (exact) mass is 290 g/mol. The molecule has 0 amide bonds. The van der Waals surface area contributed by atoms with Gasteiger partial charge in [-0.05, 0) is 43.7 Å². The SMILES string of the molecule is Cc1ccc(C(=O)CSc2ccc(Cl)cc2)c(C)c1. The summed E-state index contributed by atoms with van der Waals surface area (Å²) in [7, 11) is 0. The molecule has 2 rings (SSSR count). The highest BCUT2D eigenvalue weighted by atomic mass is 35.5. The fraction of sp³-hybridized carbons (Fsp3) is 0.188. The molecule has 0 N–H and O–H groups in total. The van der Waals surface area contributed by atoms with Gasteiger partial charge < -0.3 is 0 Å². The Morgan fingerprint density at radius 3 is 2.42 bits per heavy atom. The van der Waals surface area contributed by atoms with Gasteiger partial charge in [-0.3, -0.25) is 4.79 Å². The lowest BCUT2D eigenvalue weighted by Gasteiger charge is -2.06. The van der Waals surface area contributed by atoms with Gasteiger partial charge in [0.2, 0.25) is 0 Å². The van der Waals surface area contributed by atoms with Gasteiger partial charge in [-0.1, -0.05) is 35.4 Å². The standard InChI is InChI=1S/C16H15ClOS/c1-11-3-8-15(12(2)9-11)16(18)10-19-14-6-4-13(17)5-7-14/h3-9H,10H2,1-2H3. The highest BCUT2D eigenvalue weighted by Gasteiger charge is 2.09. The summed E-state index contributed by atoms with van der Waals surface area (Å²) in [6.07, 6.45) is 0. The zero-order valence-corrected chi connectivity index (χ0v) is 12.5. The summed E-state index contributed by atoms with van der Waals surface area (Å²) in [5.74, 6) is 0.614. The van der Waals surface area contributed by atoms with E-state index >= 15 is 0 Å². The molecule has 0 aliphatic rings. The first-order valence-corrected chi connectivity index (χ1v) is 7.41. The second-order valence-electron chi connectivity index (χ2n) is 4.48. The van der Waals surface area contributed by atoms with Crippen LogP contribution in [-0.2, 0) is 0 Å². The average Bonchev–Trinajstić information content (AvgIpc) is 2.37. The van der Waals surface area contributed by atoms with Crippen LogP contribution in [0.4, 0.5) is 0 Å². The summed E-state index contributed by atoms with van der Waals surface area (Å²) < 4.78 is 0. The molecular weight excluding hydrogens is 276 g/mol. The predicted molar refractivity (Wildman–Crippen MR) is 82.4 cm³/mol. The Balaban J connectivity index is 2.03. The summed E-state index contributed by atoms with van der Waals surface area (Å²) in [6.45, 7) is 4.01. The highest BCUT2D eigenvalue weighted by Crippen LogP contribution is 2.22. The molecule has 3 heteroatoms. The molecule has 0 unspecified atom stereocenters. The molecule has 1 nitrogen and oxygen atoms in total. The number of thioether (sulfide) groups is 1. The van der Waals surface area contributed by atoms with E-state index in [9.17, 15) is 4.79 Å². The van der Waals surface area contributed by atoms with E-state index in [1.165, 1.54) is 17.3 Å². The van der Waals surface area contributed by atoms with Gasteiger partial charge in [0.05, 0.1) is 5.75 Å². The smallest absolute Gasteiger partial charge is 0.173 e. The van der Waals surface area contributed by atoms with Crippen molar-refractivity contribution in [2.24, 2.45) is 0 Å². The molecule has 0 saturated heterocycles. The third-order valence-electron chi connectivity index (χ3n) is 2.87. The van der Waals surface area contributed by atoms with Crippen molar-refractivity contribution in [1.29, 1.82) is 0 Å². The minimum absolute atomic E-state index is 0.164. The zero-order valence-electron chi connectivity index (χ0n) is 10.9. The molecule has 0 radical (unpaired) electrons. The third kappa shape index (κ3) is 3.85. The number of hydrogen-bond donors (Lipinski definition) is 0. The molecule has 0 spiro atoms. The van der Waals surface area contributed by atoms with E-state index in [2.05, 4.69) is 0 Å². The van der Waals surface area contributed by atoms with Crippen LogP contribution >= 0.6 is 23.4 Å². The Kier molecular flexibility index (Phi) is 4.67. The van der Waals surface area contributed by atoms with Gasteiger partial charge in [-0.25, -0.2) is 0 Å². The van der Waals surface area contributed by atoms with Crippen LogP contribution in [0.25, 0.3) is 0 Å². The molecule has 0 aromatic heterocycles. The molecule has 0 bridgehead atoms. The molecule has 2 aromatic carbocycles. The number of carbonyl (C=O) groups excluding carboxylic acids is 1. The number of hydrogen-bond acceptors (Lipinski definition) is 2. The maximum Gasteiger partial charge on any atom is 0.173 e. The summed E-state index contributed by atoms with van der Waals surface area (Å²) in [4.78, 5) is 13.2. The van der Waals surface area contributed by atoms with Crippen LogP contribution in [-0.4, -0.2) is 11.5 Å². The lowest BCUT2D eigenvalue weighted by molar-refractivity contribution is 0.102. The Bertz CT molecular complexity index is 590. The Hall–Kier alpha value is -1.25. The first-order valence-electron chi connectivity index (χ1n) is 6.05. The zero-order chi connectivity index (χ0) is 13.8. The molecule has 0 heterocycles. The van der Waals surface area contributed by atoms with Crippen LogP contribution in [0, 0.1) is 13.8 Å². The van der Waals surface area contributed by atoms with Crippen LogP contribution in [0.3, 0.4) is 0 Å². The van der Waals surface area contributed by atoms with Crippen molar-refractivity contribution in [3.05, 3.63) is 64.2 Å². The lowest BCUT2D eigenvalue weighted by atomic mass is 10.0. The fourth-order valence-electron chi connectivity index (χ4n) is 1.88. The summed E-state index contributed by atoms with van der Waals surface area (Å²) in [6, 6.07) is 13.5. The first kappa shape index (κ1) is 14.2. The maximum absolute atomic E-state index is 12.2. The van der Waals surface area contributed by atoms with E-state index in [-0.39, 0.29) is 5.78 Å². The van der Waals surface area contributed by atoms with Crippen molar-refractivity contribution in [3.8, 4) is 0 Å². The summed E-state index contributed by atoms with van der Waals surface area (Å²) in [5.41, 5.74) is 3.04. The predicted octanol–water partition coefficient (Wildman–Crippen LogP) is 4.93. The van der Waals surface area contributed by atoms with Gasteiger partial charge in [0.25, 0.3) is 0 Å². The number of carbonyl (C=O) groups is 1. The summed E-state index contributed by atoms with van der Waals surface area (Å²) in [5, 5.41) is 0.713. The minimum Gasteiger partial charge on any atom is -0.293 e. The lowest BCUT2D eigenvalue weighted by Crippen LogP contribution is -2.04. The van der Waals surface area contributed by atoms with Gasteiger partial charge in [0.1, 0.15) is 0 Å². The van der Waals surface area contributed by atoms with E-state index in [0.29, 0.717) is 10.8 Å². The van der Waals surface area contributed by atoms with Crippen molar-refractivity contribution in [3.63, 3.8) is 0 Å². The van der Waals surface area contributed by atoms with E-state index in [0.717, 1.165) is 16.0 Å². The first-order chi connectivity index (χ1) is 9.06. The molecule has 0 fully saturated rings. The number of halogens is 1. The van der Waals surface area contributed by atoms with Crippen LogP contribution in [0.5, 0.6) is 0 Å². The quantitative estimate of drug-likeness (QED) is 0.586. The van der Waals surface area contributed by atoms with E-state index in [1.807, 2.05) is 56.3 Å². The number of ketones is 1. The second kappa shape index (κ2) is 6.27. The van der Waals surface area contributed by atoms with Gasteiger partial charge in [0.15, 0.2) is 5.78 Å². The molecule has 0 saturated carbocycles. The molecular formula is C16H15ClOS. The number of aryl methyl sites for hydroxylation is 2. The number of benzene rings is 2. The van der Waals surface area contributed by atoms with Crippen LogP contribution in [0.15, 0.2) is 47.4 Å². The number of rotatable bonds is 4. The summed E-state index contributed by atoms with van der Waals surface area (Å²) >= 11 is 7.37. The van der Waals surface area contributed by atoms with E-state index in [1.54, 1.807) is 0 Å². The van der Waals surface area contributed by atoms with Crippen LogP contribution in [0.2, 0.25) is 5.02 Å². The molecule has 0 aliphatic carbocycles.